The molecule has 0 aliphatic heterocycles. The zero-order valence-corrected chi connectivity index (χ0v) is 13.3. The van der Waals surface area contributed by atoms with E-state index in [1.807, 2.05) is 20.8 Å². The molecule has 0 aliphatic carbocycles. The van der Waals surface area contributed by atoms with Crippen LogP contribution in [0.15, 0.2) is 9.37 Å². The summed E-state index contributed by atoms with van der Waals surface area (Å²) < 4.78 is 5.05. The zero-order valence-electron chi connectivity index (χ0n) is 11.7. The minimum Gasteiger partial charge on any atom is -0.213 e. The molecule has 7 heteroatoms. The number of hydrogen-bond donors (Lipinski definition) is 0. The first kappa shape index (κ1) is 14.9. The van der Waals surface area contributed by atoms with Crippen molar-refractivity contribution in [2.24, 2.45) is 0 Å². The molecule has 0 fully saturated rings. The third kappa shape index (κ3) is 2.97. The SMILES string of the molecule is CCc1nsc(Sc2nnc(CC)c(CC)c2C#N)n1. The van der Waals surface area contributed by atoms with Gasteiger partial charge in [0.2, 0.25) is 0 Å². The lowest BCUT2D eigenvalue weighted by Gasteiger charge is -2.08. The molecule has 2 rings (SSSR count). The van der Waals surface area contributed by atoms with E-state index in [9.17, 15) is 5.26 Å². The van der Waals surface area contributed by atoms with Crippen molar-refractivity contribution in [3.05, 3.63) is 22.6 Å². The maximum atomic E-state index is 9.42. The highest BCUT2D eigenvalue weighted by atomic mass is 32.2. The van der Waals surface area contributed by atoms with Gasteiger partial charge in [-0.1, -0.05) is 20.8 Å². The summed E-state index contributed by atoms with van der Waals surface area (Å²) in [5.74, 6) is 0.824. The van der Waals surface area contributed by atoms with Gasteiger partial charge in [0.15, 0.2) is 4.34 Å². The molecule has 0 radical (unpaired) electrons. The van der Waals surface area contributed by atoms with Gasteiger partial charge in [0, 0.05) is 6.42 Å². The van der Waals surface area contributed by atoms with Crippen molar-refractivity contribution in [1.82, 2.24) is 19.6 Å². The summed E-state index contributed by atoms with van der Waals surface area (Å²) in [6.07, 6.45) is 2.38. The van der Waals surface area contributed by atoms with Crippen LogP contribution in [0.1, 0.15) is 43.4 Å². The topological polar surface area (TPSA) is 75.3 Å². The van der Waals surface area contributed by atoms with Gasteiger partial charge < -0.3 is 0 Å². The lowest BCUT2D eigenvalue weighted by atomic mass is 10.1. The first-order valence-electron chi connectivity index (χ1n) is 6.52. The van der Waals surface area contributed by atoms with Crippen LogP contribution < -0.4 is 0 Å². The Hall–Kier alpha value is -1.52. The number of nitrogens with zero attached hydrogens (tertiary/aromatic N) is 5. The van der Waals surface area contributed by atoms with Gasteiger partial charge >= 0.3 is 0 Å². The lowest BCUT2D eigenvalue weighted by Crippen LogP contribution is -2.04. The molecule has 0 bridgehead atoms. The van der Waals surface area contributed by atoms with Crippen molar-refractivity contribution in [2.75, 3.05) is 0 Å². The smallest absolute Gasteiger partial charge is 0.176 e. The summed E-state index contributed by atoms with van der Waals surface area (Å²) >= 11 is 2.71. The van der Waals surface area contributed by atoms with E-state index in [4.69, 9.17) is 0 Å². The van der Waals surface area contributed by atoms with E-state index in [0.29, 0.717) is 10.6 Å². The summed E-state index contributed by atoms with van der Waals surface area (Å²) in [6.45, 7) is 6.07. The van der Waals surface area contributed by atoms with E-state index in [-0.39, 0.29) is 0 Å². The van der Waals surface area contributed by atoms with Gasteiger partial charge in [-0.25, -0.2) is 4.98 Å². The highest BCUT2D eigenvalue weighted by molar-refractivity contribution is 8.00. The van der Waals surface area contributed by atoms with Gasteiger partial charge in [0.1, 0.15) is 16.9 Å². The molecule has 2 heterocycles. The molecule has 0 saturated carbocycles. The third-order valence-corrected chi connectivity index (χ3v) is 4.64. The molecule has 0 amide bonds. The number of rotatable bonds is 5. The van der Waals surface area contributed by atoms with Crippen LogP contribution in [0.25, 0.3) is 0 Å². The van der Waals surface area contributed by atoms with Crippen molar-refractivity contribution in [3.63, 3.8) is 0 Å². The molecule has 20 heavy (non-hydrogen) atoms. The Morgan fingerprint density at radius 2 is 1.95 bits per heavy atom. The molecule has 2 aromatic heterocycles. The standard InChI is InChI=1S/C13H15N5S2/c1-4-8-9(7-14)12(17-16-10(8)5-2)19-13-15-11(6-3)18-20-13/h4-6H2,1-3H3. The Labute approximate surface area is 126 Å². The van der Waals surface area contributed by atoms with Crippen LogP contribution in [0.5, 0.6) is 0 Å². The zero-order chi connectivity index (χ0) is 14.5. The fourth-order valence-corrected chi connectivity index (χ4v) is 3.51. The Bertz CT molecular complexity index is 645. The van der Waals surface area contributed by atoms with E-state index >= 15 is 0 Å². The molecule has 104 valence electrons. The largest absolute Gasteiger partial charge is 0.213 e. The summed E-state index contributed by atoms with van der Waals surface area (Å²) in [6, 6.07) is 2.26. The van der Waals surface area contributed by atoms with E-state index in [1.54, 1.807) is 0 Å². The highest BCUT2D eigenvalue weighted by Gasteiger charge is 2.16. The third-order valence-electron chi connectivity index (χ3n) is 2.88. The predicted octanol–water partition coefficient (Wildman–Crippen LogP) is 3.04. The van der Waals surface area contributed by atoms with Gasteiger partial charge in [0.25, 0.3) is 0 Å². The first-order valence-corrected chi connectivity index (χ1v) is 8.11. The quantitative estimate of drug-likeness (QED) is 0.845. The van der Waals surface area contributed by atoms with E-state index in [2.05, 4.69) is 25.6 Å². The molecule has 0 spiro atoms. The summed E-state index contributed by atoms with van der Waals surface area (Å²) in [4.78, 5) is 4.39. The molecule has 2 aromatic rings. The highest BCUT2D eigenvalue weighted by Crippen LogP contribution is 2.31. The molecule has 0 unspecified atom stereocenters. The Kier molecular flexibility index (Phi) is 5.04. The predicted molar refractivity (Wildman–Crippen MR) is 78.9 cm³/mol. The second kappa shape index (κ2) is 6.77. The molecular formula is C13H15N5S2. The molecule has 0 atom stereocenters. The van der Waals surface area contributed by atoms with Gasteiger partial charge in [-0.2, -0.15) is 14.7 Å². The summed E-state index contributed by atoms with van der Waals surface area (Å²) in [7, 11) is 0. The molecule has 0 saturated heterocycles. The van der Waals surface area contributed by atoms with Crippen molar-refractivity contribution in [2.45, 2.75) is 49.4 Å². The van der Waals surface area contributed by atoms with Gasteiger partial charge in [0.05, 0.1) is 11.3 Å². The van der Waals surface area contributed by atoms with Crippen molar-refractivity contribution in [1.29, 1.82) is 5.26 Å². The van der Waals surface area contributed by atoms with Crippen LogP contribution in [-0.4, -0.2) is 19.6 Å². The molecule has 0 aromatic carbocycles. The average Bonchev–Trinajstić information content (AvgIpc) is 2.94. The van der Waals surface area contributed by atoms with Crippen LogP contribution in [0, 0.1) is 11.3 Å². The van der Waals surface area contributed by atoms with Crippen molar-refractivity contribution in [3.8, 4) is 6.07 Å². The molecule has 0 N–H and O–H groups in total. The Balaban J connectivity index is 2.39. The van der Waals surface area contributed by atoms with Crippen LogP contribution in [0.4, 0.5) is 0 Å². The van der Waals surface area contributed by atoms with E-state index < -0.39 is 0 Å². The van der Waals surface area contributed by atoms with Crippen LogP contribution in [0.3, 0.4) is 0 Å². The van der Waals surface area contributed by atoms with Gasteiger partial charge in [-0.05, 0) is 41.7 Å². The molecular weight excluding hydrogens is 290 g/mol. The molecule has 0 aliphatic rings. The second-order valence-electron chi connectivity index (χ2n) is 4.06. The summed E-state index contributed by atoms with van der Waals surface area (Å²) in [5, 5.41) is 18.5. The van der Waals surface area contributed by atoms with E-state index in [1.165, 1.54) is 23.3 Å². The maximum Gasteiger partial charge on any atom is 0.176 e. The lowest BCUT2D eigenvalue weighted by molar-refractivity contribution is 0.817. The fourth-order valence-electron chi connectivity index (χ4n) is 1.85. The van der Waals surface area contributed by atoms with Crippen molar-refractivity contribution < 1.29 is 0 Å². The fraction of sp³-hybridized carbons (Fsp3) is 0.462. The second-order valence-corrected chi connectivity index (χ2v) is 6.04. The minimum absolute atomic E-state index is 0.623. The number of hydrogen-bond acceptors (Lipinski definition) is 7. The first-order chi connectivity index (χ1) is 9.73. The van der Waals surface area contributed by atoms with Gasteiger partial charge in [-0.3, -0.25) is 0 Å². The Morgan fingerprint density at radius 3 is 2.50 bits per heavy atom. The monoisotopic (exact) mass is 305 g/mol. The van der Waals surface area contributed by atoms with Gasteiger partial charge in [-0.15, -0.1) is 5.10 Å². The van der Waals surface area contributed by atoms with Crippen LogP contribution >= 0.6 is 23.3 Å². The minimum atomic E-state index is 0.623. The van der Waals surface area contributed by atoms with Crippen molar-refractivity contribution >= 4 is 23.3 Å². The summed E-state index contributed by atoms with van der Waals surface area (Å²) in [5.41, 5.74) is 2.52. The molecule has 5 nitrogen and oxygen atoms in total. The number of aromatic nitrogens is 4. The number of nitriles is 1. The normalized spacial score (nSPS) is 10.5. The average molecular weight is 305 g/mol. The maximum absolute atomic E-state index is 9.42. The number of aryl methyl sites for hydroxylation is 2. The van der Waals surface area contributed by atoms with E-state index in [0.717, 1.165) is 40.7 Å². The van der Waals surface area contributed by atoms with Crippen LogP contribution in [-0.2, 0) is 19.3 Å². The Morgan fingerprint density at radius 1 is 1.15 bits per heavy atom. The van der Waals surface area contributed by atoms with Crippen LogP contribution in [0.2, 0.25) is 0 Å².